The Morgan fingerprint density at radius 2 is 1.94 bits per heavy atom. The number of halogens is 5. The van der Waals surface area contributed by atoms with Crippen molar-refractivity contribution in [1.82, 2.24) is 0 Å². The standard InChI is InChI=1S/C11H9F5O2/c1-6(11(14,15)16)18-5-10(17)8-3-2-7(12)4-9(8)13/h2-4,6H,5H2,1H3. The van der Waals surface area contributed by atoms with Crippen LogP contribution in [0.1, 0.15) is 17.3 Å². The molecule has 0 aromatic heterocycles. The number of carbonyl (C=O) groups excluding carboxylic acids is 1. The number of ether oxygens (including phenoxy) is 1. The minimum absolute atomic E-state index is 0.473. The van der Waals surface area contributed by atoms with Crippen LogP contribution in [0.15, 0.2) is 18.2 Å². The molecular weight excluding hydrogens is 259 g/mol. The zero-order chi connectivity index (χ0) is 13.9. The van der Waals surface area contributed by atoms with Gasteiger partial charge in [-0.25, -0.2) is 8.78 Å². The molecule has 0 aliphatic carbocycles. The Balaban J connectivity index is 2.66. The van der Waals surface area contributed by atoms with E-state index in [0.29, 0.717) is 6.07 Å². The first-order chi connectivity index (χ1) is 8.21. The van der Waals surface area contributed by atoms with Crippen LogP contribution in [-0.4, -0.2) is 24.7 Å². The number of Topliss-reactive ketones (excluding diaryl/α,β-unsaturated/α-hetero) is 1. The van der Waals surface area contributed by atoms with E-state index in [1.165, 1.54) is 0 Å². The summed E-state index contributed by atoms with van der Waals surface area (Å²) in [5.41, 5.74) is -0.509. The Morgan fingerprint density at radius 1 is 1.33 bits per heavy atom. The summed E-state index contributed by atoms with van der Waals surface area (Å²) in [5, 5.41) is 0. The van der Waals surface area contributed by atoms with Gasteiger partial charge in [-0.3, -0.25) is 4.79 Å². The van der Waals surface area contributed by atoms with Gasteiger partial charge in [0.2, 0.25) is 0 Å². The van der Waals surface area contributed by atoms with E-state index in [-0.39, 0.29) is 0 Å². The first kappa shape index (κ1) is 14.6. The number of benzene rings is 1. The molecule has 1 rings (SSSR count). The molecule has 100 valence electrons. The van der Waals surface area contributed by atoms with E-state index in [9.17, 15) is 26.7 Å². The van der Waals surface area contributed by atoms with Gasteiger partial charge in [0.15, 0.2) is 11.9 Å². The van der Waals surface area contributed by atoms with Gasteiger partial charge in [-0.2, -0.15) is 13.2 Å². The lowest BCUT2D eigenvalue weighted by Crippen LogP contribution is -2.30. The zero-order valence-electron chi connectivity index (χ0n) is 9.22. The molecule has 0 bridgehead atoms. The Morgan fingerprint density at radius 3 is 2.44 bits per heavy atom. The number of alkyl halides is 3. The van der Waals surface area contributed by atoms with Crippen LogP contribution < -0.4 is 0 Å². The average Bonchev–Trinajstić information content (AvgIpc) is 2.24. The summed E-state index contributed by atoms with van der Waals surface area (Å²) in [5.74, 6) is -3.00. The summed E-state index contributed by atoms with van der Waals surface area (Å²) < 4.78 is 66.2. The molecule has 2 nitrogen and oxygen atoms in total. The van der Waals surface area contributed by atoms with Gasteiger partial charge in [0, 0.05) is 6.07 Å². The van der Waals surface area contributed by atoms with Crippen molar-refractivity contribution in [3.8, 4) is 0 Å². The van der Waals surface area contributed by atoms with Crippen molar-refractivity contribution in [2.45, 2.75) is 19.2 Å². The van der Waals surface area contributed by atoms with Crippen molar-refractivity contribution in [3.05, 3.63) is 35.4 Å². The molecule has 18 heavy (non-hydrogen) atoms. The fourth-order valence-corrected chi connectivity index (χ4v) is 1.09. The Hall–Kier alpha value is -1.50. The Labute approximate surface area is 99.4 Å². The molecule has 0 aliphatic heterocycles. The number of hydrogen-bond donors (Lipinski definition) is 0. The maximum Gasteiger partial charge on any atom is 0.414 e. The average molecular weight is 268 g/mol. The summed E-state index contributed by atoms with van der Waals surface area (Å²) in [7, 11) is 0. The van der Waals surface area contributed by atoms with Crippen LogP contribution in [0.5, 0.6) is 0 Å². The van der Waals surface area contributed by atoms with Gasteiger partial charge in [0.1, 0.15) is 18.2 Å². The summed E-state index contributed by atoms with van der Waals surface area (Å²) in [6, 6.07) is 2.17. The predicted octanol–water partition coefficient (Wildman–Crippen LogP) is 3.11. The SMILES string of the molecule is CC(OCC(=O)c1ccc(F)cc1F)C(F)(F)F. The van der Waals surface area contributed by atoms with Crippen molar-refractivity contribution in [2.75, 3.05) is 6.61 Å². The summed E-state index contributed by atoms with van der Waals surface area (Å²) in [6.07, 6.45) is -6.73. The van der Waals surface area contributed by atoms with E-state index in [2.05, 4.69) is 4.74 Å². The van der Waals surface area contributed by atoms with Crippen molar-refractivity contribution < 1.29 is 31.5 Å². The molecule has 1 atom stereocenters. The molecule has 0 saturated heterocycles. The highest BCUT2D eigenvalue weighted by molar-refractivity contribution is 5.97. The second-order valence-electron chi connectivity index (χ2n) is 3.54. The molecule has 0 amide bonds. The molecule has 0 saturated carbocycles. The number of hydrogen-bond acceptors (Lipinski definition) is 2. The van der Waals surface area contributed by atoms with E-state index in [4.69, 9.17) is 0 Å². The lowest BCUT2D eigenvalue weighted by atomic mass is 10.1. The molecule has 0 radical (unpaired) electrons. The van der Waals surface area contributed by atoms with Gasteiger partial charge in [-0.15, -0.1) is 0 Å². The number of carbonyl (C=O) groups is 1. The second-order valence-corrected chi connectivity index (χ2v) is 3.54. The van der Waals surface area contributed by atoms with Crippen LogP contribution in [0.4, 0.5) is 22.0 Å². The van der Waals surface area contributed by atoms with E-state index >= 15 is 0 Å². The van der Waals surface area contributed by atoms with Crippen molar-refractivity contribution in [2.24, 2.45) is 0 Å². The molecule has 1 unspecified atom stereocenters. The molecule has 0 heterocycles. The highest BCUT2D eigenvalue weighted by Gasteiger charge is 2.37. The molecule has 1 aromatic carbocycles. The molecule has 0 fully saturated rings. The first-order valence-corrected chi connectivity index (χ1v) is 4.88. The van der Waals surface area contributed by atoms with Gasteiger partial charge < -0.3 is 4.74 Å². The number of rotatable bonds is 4. The quantitative estimate of drug-likeness (QED) is 0.619. The normalized spacial score (nSPS) is 13.4. The minimum Gasteiger partial charge on any atom is -0.361 e. The topological polar surface area (TPSA) is 26.3 Å². The summed E-state index contributed by atoms with van der Waals surface area (Å²) in [4.78, 5) is 11.4. The summed E-state index contributed by atoms with van der Waals surface area (Å²) in [6.45, 7) is -0.197. The second kappa shape index (κ2) is 5.43. The Bertz CT molecular complexity index is 442. The third-order valence-electron chi connectivity index (χ3n) is 2.16. The lowest BCUT2D eigenvalue weighted by Gasteiger charge is -2.15. The van der Waals surface area contributed by atoms with E-state index in [1.54, 1.807) is 0 Å². The predicted molar refractivity (Wildman–Crippen MR) is 52.2 cm³/mol. The molecule has 1 aromatic rings. The van der Waals surface area contributed by atoms with Crippen LogP contribution in [-0.2, 0) is 4.74 Å². The van der Waals surface area contributed by atoms with Gasteiger partial charge in [0.25, 0.3) is 0 Å². The molecular formula is C11H9F5O2. The Kier molecular flexibility index (Phi) is 4.39. The molecule has 0 N–H and O–H groups in total. The van der Waals surface area contributed by atoms with Crippen LogP contribution in [0.3, 0.4) is 0 Å². The van der Waals surface area contributed by atoms with E-state index in [1.807, 2.05) is 0 Å². The highest BCUT2D eigenvalue weighted by Crippen LogP contribution is 2.22. The van der Waals surface area contributed by atoms with E-state index in [0.717, 1.165) is 19.1 Å². The van der Waals surface area contributed by atoms with Gasteiger partial charge >= 0.3 is 6.18 Å². The third-order valence-corrected chi connectivity index (χ3v) is 2.16. The minimum atomic E-state index is -4.60. The zero-order valence-corrected chi connectivity index (χ0v) is 9.22. The molecule has 7 heteroatoms. The van der Waals surface area contributed by atoms with Crippen LogP contribution >= 0.6 is 0 Å². The lowest BCUT2D eigenvalue weighted by molar-refractivity contribution is -0.210. The fourth-order valence-electron chi connectivity index (χ4n) is 1.09. The van der Waals surface area contributed by atoms with Crippen molar-refractivity contribution in [3.63, 3.8) is 0 Å². The highest BCUT2D eigenvalue weighted by atomic mass is 19.4. The smallest absolute Gasteiger partial charge is 0.361 e. The van der Waals surface area contributed by atoms with Crippen LogP contribution in [0.2, 0.25) is 0 Å². The van der Waals surface area contributed by atoms with Gasteiger partial charge in [-0.05, 0) is 19.1 Å². The monoisotopic (exact) mass is 268 g/mol. The maximum atomic E-state index is 13.1. The maximum absolute atomic E-state index is 13.1. The largest absolute Gasteiger partial charge is 0.414 e. The first-order valence-electron chi connectivity index (χ1n) is 4.88. The van der Waals surface area contributed by atoms with Crippen molar-refractivity contribution >= 4 is 5.78 Å². The number of ketones is 1. The third kappa shape index (κ3) is 3.76. The molecule has 0 spiro atoms. The fraction of sp³-hybridized carbons (Fsp3) is 0.364. The van der Waals surface area contributed by atoms with Gasteiger partial charge in [-0.1, -0.05) is 0 Å². The van der Waals surface area contributed by atoms with Crippen LogP contribution in [0, 0.1) is 11.6 Å². The summed E-state index contributed by atoms with van der Waals surface area (Å²) >= 11 is 0. The van der Waals surface area contributed by atoms with Gasteiger partial charge in [0.05, 0.1) is 5.56 Å². The van der Waals surface area contributed by atoms with E-state index < -0.39 is 41.9 Å². The van der Waals surface area contributed by atoms with Crippen LogP contribution in [0.25, 0.3) is 0 Å². The van der Waals surface area contributed by atoms with Crippen molar-refractivity contribution in [1.29, 1.82) is 0 Å². The molecule has 0 aliphatic rings.